The van der Waals surface area contributed by atoms with E-state index in [2.05, 4.69) is 33.1 Å². The predicted octanol–water partition coefficient (Wildman–Crippen LogP) is 2.41. The number of carbonyl (C=O) groups is 1. The van der Waals surface area contributed by atoms with Crippen LogP contribution < -0.4 is 10.6 Å². The summed E-state index contributed by atoms with van der Waals surface area (Å²) < 4.78 is 6.14. The normalized spacial score (nSPS) is 22.0. The first-order valence-corrected chi connectivity index (χ1v) is 10.9. The highest BCUT2D eigenvalue weighted by Crippen LogP contribution is 2.39. The van der Waals surface area contributed by atoms with Gasteiger partial charge in [0.15, 0.2) is 5.96 Å². The van der Waals surface area contributed by atoms with Crippen molar-refractivity contribution in [3.63, 3.8) is 0 Å². The Morgan fingerprint density at radius 2 is 2.22 bits per heavy atom. The molecule has 1 aliphatic heterocycles. The zero-order valence-corrected chi connectivity index (χ0v) is 17.3. The van der Waals surface area contributed by atoms with Crippen LogP contribution in [0.4, 0.5) is 0 Å². The van der Waals surface area contributed by atoms with E-state index >= 15 is 0 Å². The molecule has 6 nitrogen and oxygen atoms in total. The molecule has 150 valence electrons. The number of likely N-dealkylation sites (N-methyl/N-ethyl adjacent to an activating group) is 1. The smallest absolute Gasteiger partial charge is 0.243 e. The van der Waals surface area contributed by atoms with Gasteiger partial charge in [-0.05, 0) is 43.6 Å². The summed E-state index contributed by atoms with van der Waals surface area (Å²) in [6.45, 7) is 1.77. The Labute approximate surface area is 166 Å². The third-order valence-electron chi connectivity index (χ3n) is 5.46. The minimum Gasteiger partial charge on any atom is -0.375 e. The number of hydrogen-bond donors (Lipinski definition) is 2. The molecule has 1 saturated heterocycles. The third-order valence-corrected chi connectivity index (χ3v) is 6.40. The topological polar surface area (TPSA) is 66.0 Å². The molecule has 0 aromatic carbocycles. The number of amides is 1. The fourth-order valence-electron chi connectivity index (χ4n) is 3.91. The first kappa shape index (κ1) is 20.1. The van der Waals surface area contributed by atoms with Gasteiger partial charge < -0.3 is 20.3 Å². The molecule has 0 bridgehead atoms. The SMILES string of the molecule is CN(C)C(=O)CN=C(NCCc1cccs1)NC1CCOC2(CCCC2)C1. The monoisotopic (exact) mass is 392 g/mol. The van der Waals surface area contributed by atoms with E-state index < -0.39 is 0 Å². The second-order valence-electron chi connectivity index (χ2n) is 7.78. The summed E-state index contributed by atoms with van der Waals surface area (Å²) in [7, 11) is 3.52. The maximum atomic E-state index is 11.9. The highest BCUT2D eigenvalue weighted by molar-refractivity contribution is 7.09. The molecule has 1 saturated carbocycles. The molecule has 27 heavy (non-hydrogen) atoms. The second kappa shape index (κ2) is 9.55. The number of rotatable bonds is 6. The molecule has 2 N–H and O–H groups in total. The van der Waals surface area contributed by atoms with Crippen LogP contribution in [0.5, 0.6) is 0 Å². The molecule has 2 aliphatic rings. The summed E-state index contributed by atoms with van der Waals surface area (Å²) in [6, 6.07) is 4.57. The largest absolute Gasteiger partial charge is 0.375 e. The van der Waals surface area contributed by atoms with Crippen molar-refractivity contribution in [3.05, 3.63) is 22.4 Å². The number of guanidine groups is 1. The Balaban J connectivity index is 1.57. The van der Waals surface area contributed by atoms with Crippen molar-refractivity contribution in [2.45, 2.75) is 56.6 Å². The van der Waals surface area contributed by atoms with E-state index in [0.717, 1.165) is 38.4 Å². The van der Waals surface area contributed by atoms with E-state index in [-0.39, 0.29) is 18.1 Å². The van der Waals surface area contributed by atoms with Gasteiger partial charge in [-0.25, -0.2) is 4.99 Å². The van der Waals surface area contributed by atoms with Crippen LogP contribution in [0.15, 0.2) is 22.5 Å². The van der Waals surface area contributed by atoms with Crippen molar-refractivity contribution in [2.75, 3.05) is 33.8 Å². The molecule has 7 heteroatoms. The molecule has 1 aliphatic carbocycles. The van der Waals surface area contributed by atoms with Gasteiger partial charge >= 0.3 is 0 Å². The lowest BCUT2D eigenvalue weighted by molar-refractivity contribution is -0.127. The highest BCUT2D eigenvalue weighted by Gasteiger charge is 2.40. The Kier molecular flexibility index (Phi) is 7.13. The zero-order chi connectivity index (χ0) is 19.1. The van der Waals surface area contributed by atoms with Gasteiger partial charge in [0.1, 0.15) is 6.54 Å². The summed E-state index contributed by atoms with van der Waals surface area (Å²) in [5.74, 6) is 0.746. The Morgan fingerprint density at radius 3 is 2.93 bits per heavy atom. The number of ether oxygens (including phenoxy) is 1. The molecular weight excluding hydrogens is 360 g/mol. The molecule has 3 rings (SSSR count). The van der Waals surface area contributed by atoms with Crippen LogP contribution in [0.3, 0.4) is 0 Å². The minimum absolute atomic E-state index is 0.00796. The van der Waals surface area contributed by atoms with E-state index in [1.807, 2.05) is 0 Å². The van der Waals surface area contributed by atoms with E-state index in [1.54, 1.807) is 30.3 Å². The van der Waals surface area contributed by atoms with Gasteiger partial charge in [-0.1, -0.05) is 18.9 Å². The van der Waals surface area contributed by atoms with Crippen LogP contribution in [-0.2, 0) is 16.0 Å². The van der Waals surface area contributed by atoms with E-state index in [1.165, 1.54) is 30.6 Å². The van der Waals surface area contributed by atoms with Crippen molar-refractivity contribution in [3.8, 4) is 0 Å². The van der Waals surface area contributed by atoms with Gasteiger partial charge in [0, 0.05) is 38.2 Å². The standard InChI is InChI=1S/C20H32N4O2S/c1-24(2)18(25)15-22-19(21-11-7-17-6-5-13-27-17)23-16-8-12-26-20(14-16)9-3-4-10-20/h5-6,13,16H,3-4,7-12,14-15H2,1-2H3,(H2,21,22,23). The Hall–Kier alpha value is -1.60. The van der Waals surface area contributed by atoms with Crippen molar-refractivity contribution in [1.29, 1.82) is 0 Å². The molecular formula is C20H32N4O2S. The summed E-state index contributed by atoms with van der Waals surface area (Å²) in [5, 5.41) is 9.08. The number of hydrogen-bond acceptors (Lipinski definition) is 4. The molecule has 2 heterocycles. The van der Waals surface area contributed by atoms with Crippen molar-refractivity contribution in [2.24, 2.45) is 4.99 Å². The average molecular weight is 393 g/mol. The van der Waals surface area contributed by atoms with E-state index in [4.69, 9.17) is 4.74 Å². The number of carbonyl (C=O) groups excluding carboxylic acids is 1. The van der Waals surface area contributed by atoms with E-state index in [0.29, 0.717) is 6.04 Å². The Morgan fingerprint density at radius 1 is 1.41 bits per heavy atom. The summed E-state index contributed by atoms with van der Waals surface area (Å²) in [4.78, 5) is 19.4. The summed E-state index contributed by atoms with van der Waals surface area (Å²) in [6.07, 6.45) is 7.84. The maximum absolute atomic E-state index is 11.9. The fraction of sp³-hybridized carbons (Fsp3) is 0.700. The maximum Gasteiger partial charge on any atom is 0.243 e. The van der Waals surface area contributed by atoms with Gasteiger partial charge in [0.05, 0.1) is 5.60 Å². The lowest BCUT2D eigenvalue weighted by atomic mass is 9.89. The number of aliphatic imine (C=N–C) groups is 1. The molecule has 1 spiro atoms. The zero-order valence-electron chi connectivity index (χ0n) is 16.5. The predicted molar refractivity (Wildman–Crippen MR) is 110 cm³/mol. The van der Waals surface area contributed by atoms with Crippen LogP contribution in [0.2, 0.25) is 0 Å². The number of nitrogens with one attached hydrogen (secondary N) is 2. The van der Waals surface area contributed by atoms with Crippen molar-refractivity contribution in [1.82, 2.24) is 15.5 Å². The van der Waals surface area contributed by atoms with Crippen molar-refractivity contribution >= 4 is 23.2 Å². The Bertz CT molecular complexity index is 624. The van der Waals surface area contributed by atoms with Crippen LogP contribution in [-0.4, -0.2) is 62.2 Å². The molecule has 1 amide bonds. The van der Waals surface area contributed by atoms with E-state index in [9.17, 15) is 4.79 Å². The summed E-state index contributed by atoms with van der Waals surface area (Å²) in [5.41, 5.74) is 0.0669. The molecule has 1 atom stereocenters. The van der Waals surface area contributed by atoms with Gasteiger partial charge in [-0.2, -0.15) is 0 Å². The first-order valence-electron chi connectivity index (χ1n) is 9.98. The van der Waals surface area contributed by atoms with Crippen molar-refractivity contribution < 1.29 is 9.53 Å². The summed E-state index contributed by atoms with van der Waals surface area (Å²) >= 11 is 1.77. The van der Waals surface area contributed by atoms with Gasteiger partial charge in [0.2, 0.25) is 5.91 Å². The van der Waals surface area contributed by atoms with Gasteiger partial charge in [-0.3, -0.25) is 4.79 Å². The lowest BCUT2D eigenvalue weighted by Crippen LogP contribution is -2.51. The van der Waals surface area contributed by atoms with Crippen LogP contribution >= 0.6 is 11.3 Å². The first-order chi connectivity index (χ1) is 13.1. The van der Waals surface area contributed by atoms with Gasteiger partial charge in [0.25, 0.3) is 0 Å². The number of thiophene rings is 1. The highest BCUT2D eigenvalue weighted by atomic mass is 32.1. The van der Waals surface area contributed by atoms with Gasteiger partial charge in [-0.15, -0.1) is 11.3 Å². The second-order valence-corrected chi connectivity index (χ2v) is 8.81. The molecule has 1 unspecified atom stereocenters. The molecule has 2 fully saturated rings. The van der Waals surface area contributed by atoms with Crippen LogP contribution in [0.25, 0.3) is 0 Å². The minimum atomic E-state index is 0.00796. The van der Waals surface area contributed by atoms with Crippen LogP contribution in [0, 0.1) is 0 Å². The lowest BCUT2D eigenvalue weighted by Gasteiger charge is -2.39. The van der Waals surface area contributed by atoms with Crippen LogP contribution in [0.1, 0.15) is 43.4 Å². The number of nitrogens with zero attached hydrogens (tertiary/aromatic N) is 2. The third kappa shape index (κ3) is 5.94. The molecule has 1 aromatic rings. The molecule has 1 aromatic heterocycles. The quantitative estimate of drug-likeness (QED) is 0.576. The average Bonchev–Trinajstić information content (AvgIpc) is 3.32. The molecule has 0 radical (unpaired) electrons. The fourth-order valence-corrected chi connectivity index (χ4v) is 4.62.